The Labute approximate surface area is 183 Å². The fraction of sp³-hybridized carbons (Fsp3) is 0.400. The zero-order valence-corrected chi connectivity index (χ0v) is 17.8. The van der Waals surface area contributed by atoms with Crippen LogP contribution in [-0.2, 0) is 22.7 Å². The summed E-state index contributed by atoms with van der Waals surface area (Å²) in [5.41, 5.74) is 1.75. The third-order valence-corrected chi connectivity index (χ3v) is 5.76. The lowest BCUT2D eigenvalue weighted by Gasteiger charge is -2.35. The first kappa shape index (κ1) is 21.1. The lowest BCUT2D eigenvalue weighted by molar-refractivity contribution is -0.119. The highest BCUT2D eigenvalue weighted by Crippen LogP contribution is 2.30. The van der Waals surface area contributed by atoms with Crippen LogP contribution in [0.1, 0.15) is 26.0 Å². The average Bonchev–Trinajstić information content (AvgIpc) is 3.25. The monoisotopic (exact) mass is 448 g/mol. The molecular weight excluding hydrogens is 427 g/mol. The average molecular weight is 449 g/mol. The molecule has 11 heteroatoms. The number of nitrogens with one attached hydrogen (secondary N) is 2. The van der Waals surface area contributed by atoms with Crippen LogP contribution in [0.15, 0.2) is 24.4 Å². The molecular formula is C20H22ClFN6O3. The van der Waals surface area contributed by atoms with E-state index in [2.05, 4.69) is 15.7 Å². The summed E-state index contributed by atoms with van der Waals surface area (Å²) in [6.45, 7) is 4.37. The third kappa shape index (κ3) is 4.20. The van der Waals surface area contributed by atoms with Gasteiger partial charge in [0.15, 0.2) is 0 Å². The third-order valence-electron chi connectivity index (χ3n) is 5.47. The Morgan fingerprint density at radius 2 is 2.06 bits per heavy atom. The fourth-order valence-electron chi connectivity index (χ4n) is 3.98. The minimum Gasteiger partial charge on any atom is -0.351 e. The smallest absolute Gasteiger partial charge is 0.322 e. The Morgan fingerprint density at radius 3 is 2.77 bits per heavy atom. The van der Waals surface area contributed by atoms with Gasteiger partial charge in [-0.05, 0) is 25.1 Å². The lowest BCUT2D eigenvalue weighted by Crippen LogP contribution is -2.47. The Bertz CT molecular complexity index is 1060. The molecule has 2 aliphatic rings. The standard InChI is InChI=1S/C20H22ClFN6O3/c1-11-8-28-18(10-26(11)20(31)25-13-3-4-16(22)15(21)5-13)17(7-23-28)27-9-14(6-19(27)30)24-12(2)29/h3-5,7,11,14H,6,8-10H2,1-2H3,(H,24,29)(H,25,31)/t11-,14?/m0/s1. The predicted molar refractivity (Wildman–Crippen MR) is 112 cm³/mol. The minimum absolute atomic E-state index is 0.0777. The summed E-state index contributed by atoms with van der Waals surface area (Å²) < 4.78 is 15.2. The van der Waals surface area contributed by atoms with Gasteiger partial charge in [-0.1, -0.05) is 11.6 Å². The molecule has 2 aliphatic heterocycles. The first-order valence-electron chi connectivity index (χ1n) is 9.87. The summed E-state index contributed by atoms with van der Waals surface area (Å²) in [4.78, 5) is 40.0. The van der Waals surface area contributed by atoms with E-state index in [0.717, 1.165) is 5.69 Å². The molecule has 1 aromatic heterocycles. The van der Waals surface area contributed by atoms with Crippen LogP contribution in [0.25, 0.3) is 0 Å². The van der Waals surface area contributed by atoms with Gasteiger partial charge in [0, 0.05) is 25.6 Å². The molecule has 9 nitrogen and oxygen atoms in total. The van der Waals surface area contributed by atoms with Crippen molar-refractivity contribution in [2.45, 2.75) is 45.4 Å². The van der Waals surface area contributed by atoms with E-state index in [1.54, 1.807) is 20.7 Å². The van der Waals surface area contributed by atoms with Crippen LogP contribution in [0.3, 0.4) is 0 Å². The summed E-state index contributed by atoms with van der Waals surface area (Å²) in [6, 6.07) is 3.20. The van der Waals surface area contributed by atoms with Crippen LogP contribution in [0.5, 0.6) is 0 Å². The van der Waals surface area contributed by atoms with Crippen LogP contribution < -0.4 is 15.5 Å². The molecule has 0 saturated carbocycles. The number of urea groups is 1. The molecule has 0 spiro atoms. The normalized spacial score (nSPS) is 20.6. The van der Waals surface area contributed by atoms with E-state index >= 15 is 0 Å². The van der Waals surface area contributed by atoms with E-state index in [1.165, 1.54) is 25.1 Å². The molecule has 2 aromatic rings. The number of aromatic nitrogens is 2. The van der Waals surface area contributed by atoms with Crippen molar-refractivity contribution >= 4 is 40.8 Å². The SMILES string of the molecule is CC(=O)NC1CC(=O)N(c2cnn3c2CN(C(=O)Nc2ccc(F)c(Cl)c2)[C@@H](C)C3)C1. The number of benzene rings is 1. The molecule has 31 heavy (non-hydrogen) atoms. The van der Waals surface area contributed by atoms with Crippen molar-refractivity contribution in [3.63, 3.8) is 0 Å². The first-order valence-corrected chi connectivity index (χ1v) is 10.3. The maximum atomic E-state index is 13.4. The zero-order chi connectivity index (χ0) is 22.3. The van der Waals surface area contributed by atoms with Crippen molar-refractivity contribution in [1.82, 2.24) is 20.0 Å². The van der Waals surface area contributed by atoms with Crippen LogP contribution in [0.2, 0.25) is 5.02 Å². The number of halogens is 2. The van der Waals surface area contributed by atoms with Crippen LogP contribution >= 0.6 is 11.6 Å². The van der Waals surface area contributed by atoms with Crippen molar-refractivity contribution in [2.24, 2.45) is 0 Å². The Kier molecular flexibility index (Phi) is 5.57. The Balaban J connectivity index is 1.52. The van der Waals surface area contributed by atoms with E-state index in [4.69, 9.17) is 11.6 Å². The number of hydrogen-bond donors (Lipinski definition) is 2. The van der Waals surface area contributed by atoms with Gasteiger partial charge in [0.25, 0.3) is 0 Å². The first-order chi connectivity index (χ1) is 14.7. The number of carbonyl (C=O) groups excluding carboxylic acids is 3. The number of carbonyl (C=O) groups is 3. The van der Waals surface area contributed by atoms with Crippen molar-refractivity contribution < 1.29 is 18.8 Å². The van der Waals surface area contributed by atoms with Crippen molar-refractivity contribution in [3.8, 4) is 0 Å². The summed E-state index contributed by atoms with van der Waals surface area (Å²) in [6.07, 6.45) is 1.84. The molecule has 1 saturated heterocycles. The number of anilines is 2. The summed E-state index contributed by atoms with van der Waals surface area (Å²) in [5.74, 6) is -0.855. The highest BCUT2D eigenvalue weighted by atomic mass is 35.5. The second kappa shape index (κ2) is 8.18. The number of fused-ring (bicyclic) bond motifs is 1. The molecule has 164 valence electrons. The van der Waals surface area contributed by atoms with Crippen molar-refractivity contribution in [1.29, 1.82) is 0 Å². The van der Waals surface area contributed by atoms with E-state index in [9.17, 15) is 18.8 Å². The molecule has 1 aromatic carbocycles. The molecule has 2 atom stereocenters. The topological polar surface area (TPSA) is 99.6 Å². The molecule has 1 fully saturated rings. The Morgan fingerprint density at radius 1 is 1.29 bits per heavy atom. The van der Waals surface area contributed by atoms with Gasteiger partial charge >= 0.3 is 6.03 Å². The summed E-state index contributed by atoms with van der Waals surface area (Å²) >= 11 is 5.80. The van der Waals surface area contributed by atoms with Crippen molar-refractivity contribution in [3.05, 3.63) is 40.9 Å². The highest BCUT2D eigenvalue weighted by molar-refractivity contribution is 6.31. The zero-order valence-electron chi connectivity index (χ0n) is 17.1. The van der Waals surface area contributed by atoms with Gasteiger partial charge in [0.1, 0.15) is 5.82 Å². The number of nitrogens with zero attached hydrogens (tertiary/aromatic N) is 4. The van der Waals surface area contributed by atoms with Crippen LogP contribution in [0.4, 0.5) is 20.6 Å². The van der Waals surface area contributed by atoms with Gasteiger partial charge in [-0.2, -0.15) is 5.10 Å². The highest BCUT2D eigenvalue weighted by Gasteiger charge is 2.36. The van der Waals surface area contributed by atoms with Gasteiger partial charge in [-0.25, -0.2) is 9.18 Å². The summed E-state index contributed by atoms with van der Waals surface area (Å²) in [7, 11) is 0. The van der Waals surface area contributed by atoms with Crippen LogP contribution in [-0.4, -0.2) is 51.2 Å². The maximum absolute atomic E-state index is 13.4. The fourth-order valence-corrected chi connectivity index (χ4v) is 4.16. The Hall–Kier alpha value is -3.14. The molecule has 3 heterocycles. The van der Waals surface area contributed by atoms with Crippen molar-refractivity contribution in [2.75, 3.05) is 16.8 Å². The molecule has 4 rings (SSSR count). The molecule has 2 N–H and O–H groups in total. The van der Waals surface area contributed by atoms with Gasteiger partial charge < -0.3 is 20.4 Å². The summed E-state index contributed by atoms with van der Waals surface area (Å²) in [5, 5.41) is 9.82. The van der Waals surface area contributed by atoms with E-state index in [0.29, 0.717) is 24.5 Å². The second-order valence-corrected chi connectivity index (χ2v) is 8.21. The molecule has 0 aliphatic carbocycles. The number of hydrogen-bond acceptors (Lipinski definition) is 4. The van der Waals surface area contributed by atoms with Gasteiger partial charge in [-0.15, -0.1) is 0 Å². The number of amides is 4. The quantitative estimate of drug-likeness (QED) is 0.752. The van der Waals surface area contributed by atoms with Gasteiger partial charge in [0.2, 0.25) is 11.8 Å². The molecule has 4 amide bonds. The van der Waals surface area contributed by atoms with Gasteiger partial charge in [0.05, 0.1) is 47.8 Å². The molecule has 0 radical (unpaired) electrons. The minimum atomic E-state index is -0.563. The predicted octanol–water partition coefficient (Wildman–Crippen LogP) is 2.35. The lowest BCUT2D eigenvalue weighted by atomic mass is 10.2. The number of rotatable bonds is 3. The van der Waals surface area contributed by atoms with Gasteiger partial charge in [-0.3, -0.25) is 14.3 Å². The largest absolute Gasteiger partial charge is 0.351 e. The van der Waals surface area contributed by atoms with Crippen LogP contribution in [0, 0.1) is 5.82 Å². The van der Waals surface area contributed by atoms with E-state index < -0.39 is 5.82 Å². The second-order valence-electron chi connectivity index (χ2n) is 7.80. The van der Waals surface area contributed by atoms with E-state index in [-0.39, 0.29) is 47.9 Å². The molecule has 0 bridgehead atoms. The molecule has 1 unspecified atom stereocenters. The maximum Gasteiger partial charge on any atom is 0.322 e. The van der Waals surface area contributed by atoms with E-state index in [1.807, 2.05) is 6.92 Å².